The van der Waals surface area contributed by atoms with E-state index < -0.39 is 44.8 Å². The van der Waals surface area contributed by atoms with Gasteiger partial charge in [0.05, 0.1) is 25.1 Å². The van der Waals surface area contributed by atoms with Gasteiger partial charge < -0.3 is 10.1 Å². The van der Waals surface area contributed by atoms with Gasteiger partial charge in [-0.3, -0.25) is 23.7 Å². The molecule has 2 amide bonds. The molecule has 3 aromatic carbocycles. The lowest BCUT2D eigenvalue weighted by Crippen LogP contribution is -2.34. The number of methoxy groups -OCH3 is 1. The van der Waals surface area contributed by atoms with Crippen molar-refractivity contribution < 1.29 is 31.9 Å². The van der Waals surface area contributed by atoms with Gasteiger partial charge in [0.2, 0.25) is 15.9 Å². The number of amides is 2. The number of aromatic nitrogens is 1. The van der Waals surface area contributed by atoms with Crippen LogP contribution in [0.3, 0.4) is 0 Å². The summed E-state index contributed by atoms with van der Waals surface area (Å²) in [5.41, 5.74) is 0.538. The van der Waals surface area contributed by atoms with Crippen LogP contribution in [0.1, 0.15) is 39.2 Å². The third-order valence-corrected chi connectivity index (χ3v) is 7.38. The highest BCUT2D eigenvalue weighted by Gasteiger charge is 2.26. The molecule has 0 fully saturated rings. The molecule has 1 aromatic heterocycles. The highest BCUT2D eigenvalue weighted by atomic mass is 35.5. The van der Waals surface area contributed by atoms with Crippen molar-refractivity contribution >= 4 is 44.9 Å². The molecule has 13 heteroatoms. The molecule has 0 saturated carbocycles. The number of Topliss-reactive ketones (excluding diaryl/α,β-unsaturated/α-hetero) is 1. The summed E-state index contributed by atoms with van der Waals surface area (Å²) in [6.07, 6.45) is 2.17. The van der Waals surface area contributed by atoms with Crippen LogP contribution in [0.25, 0.3) is 11.1 Å². The maximum absolute atomic E-state index is 14.8. The van der Waals surface area contributed by atoms with E-state index in [1.807, 2.05) is 0 Å². The van der Waals surface area contributed by atoms with Crippen LogP contribution in [0, 0.1) is 5.82 Å². The molecule has 44 heavy (non-hydrogen) atoms. The molecule has 0 radical (unpaired) electrons. The van der Waals surface area contributed by atoms with Gasteiger partial charge in [0, 0.05) is 34.3 Å². The largest absolute Gasteiger partial charge is 0.495 e. The number of rotatable bonds is 10. The van der Waals surface area contributed by atoms with E-state index >= 15 is 0 Å². The Morgan fingerprint density at radius 3 is 2.27 bits per heavy atom. The summed E-state index contributed by atoms with van der Waals surface area (Å²) in [5, 5.41) is 2.90. The Morgan fingerprint density at radius 1 is 0.977 bits per heavy atom. The van der Waals surface area contributed by atoms with Gasteiger partial charge in [-0.1, -0.05) is 41.9 Å². The maximum atomic E-state index is 14.8. The standard InChI is InChI=1S/C31H27ClFN3O7S/c1-18(37)22-11-9-20(32)14-24(22)25-16-29(38)36(17-28(25)43-2)27(13-19-7-5-4-6-8-19)31(40)34-21-10-12-23(26(33)15-21)30(39)35-44(3,41)42/h4-12,14-17,27H,13H2,1-3H3,(H,34,40)(H,35,39). The topological polar surface area (TPSA) is 141 Å². The predicted molar refractivity (Wildman–Crippen MR) is 164 cm³/mol. The number of pyridine rings is 1. The first-order valence-corrected chi connectivity index (χ1v) is 15.3. The van der Waals surface area contributed by atoms with Gasteiger partial charge in [0.1, 0.15) is 17.6 Å². The van der Waals surface area contributed by atoms with E-state index in [2.05, 4.69) is 5.32 Å². The Morgan fingerprint density at radius 2 is 1.66 bits per heavy atom. The van der Waals surface area contributed by atoms with Crippen molar-refractivity contribution in [2.45, 2.75) is 19.4 Å². The van der Waals surface area contributed by atoms with Gasteiger partial charge in [0.25, 0.3) is 11.5 Å². The third kappa shape index (κ3) is 7.57. The number of ether oxygens (including phenoxy) is 1. The zero-order chi connectivity index (χ0) is 32.2. The first-order chi connectivity index (χ1) is 20.8. The number of sulfonamides is 1. The Hall–Kier alpha value is -4.81. The zero-order valence-corrected chi connectivity index (χ0v) is 25.3. The van der Waals surface area contributed by atoms with Crippen LogP contribution in [0.5, 0.6) is 5.75 Å². The first kappa shape index (κ1) is 32.1. The van der Waals surface area contributed by atoms with Crippen LogP contribution >= 0.6 is 11.6 Å². The number of hydrogen-bond donors (Lipinski definition) is 2. The molecule has 0 saturated heterocycles. The van der Waals surface area contributed by atoms with E-state index in [1.165, 1.54) is 36.9 Å². The fourth-order valence-electron chi connectivity index (χ4n) is 4.57. The van der Waals surface area contributed by atoms with Crippen molar-refractivity contribution in [3.63, 3.8) is 0 Å². The first-order valence-electron chi connectivity index (χ1n) is 13.0. The average molecular weight is 640 g/mol. The molecule has 10 nitrogen and oxygen atoms in total. The molecule has 0 spiro atoms. The molecular formula is C31H27ClFN3O7S. The summed E-state index contributed by atoms with van der Waals surface area (Å²) < 4.78 is 45.9. The second-order valence-electron chi connectivity index (χ2n) is 9.84. The molecule has 4 aromatic rings. The number of carbonyl (C=O) groups is 3. The summed E-state index contributed by atoms with van der Waals surface area (Å²) in [7, 11) is -2.55. The Kier molecular flexibility index (Phi) is 9.65. The van der Waals surface area contributed by atoms with Crippen LogP contribution in [-0.2, 0) is 21.2 Å². The second kappa shape index (κ2) is 13.2. The molecular weight excluding hydrogens is 613 g/mol. The number of nitrogens with one attached hydrogen (secondary N) is 2. The van der Waals surface area contributed by atoms with Gasteiger partial charge in [0.15, 0.2) is 5.78 Å². The zero-order valence-electron chi connectivity index (χ0n) is 23.8. The highest BCUT2D eigenvalue weighted by molar-refractivity contribution is 7.89. The number of benzene rings is 3. The van der Waals surface area contributed by atoms with Crippen LogP contribution in [0.2, 0.25) is 5.02 Å². The van der Waals surface area contributed by atoms with E-state index in [1.54, 1.807) is 53.3 Å². The minimum absolute atomic E-state index is 0.0388. The summed E-state index contributed by atoms with van der Waals surface area (Å²) in [6, 6.07) is 16.8. The van der Waals surface area contributed by atoms with Gasteiger partial charge in [-0.15, -0.1) is 0 Å². The Balaban J connectivity index is 1.75. The molecule has 0 aliphatic carbocycles. The third-order valence-electron chi connectivity index (χ3n) is 6.58. The number of hydrogen-bond acceptors (Lipinski definition) is 7. The van der Waals surface area contributed by atoms with Gasteiger partial charge in [-0.25, -0.2) is 17.5 Å². The summed E-state index contributed by atoms with van der Waals surface area (Å²) in [5.74, 6) is -3.00. The van der Waals surface area contributed by atoms with Crippen LogP contribution in [0.15, 0.2) is 83.8 Å². The molecule has 4 rings (SSSR count). The molecule has 1 unspecified atom stereocenters. The molecule has 0 aliphatic heterocycles. The van der Waals surface area contributed by atoms with Crippen molar-refractivity contribution in [2.75, 3.05) is 18.7 Å². The molecule has 1 atom stereocenters. The molecule has 0 aliphatic rings. The van der Waals surface area contributed by atoms with Crippen LogP contribution in [-0.4, -0.2) is 43.9 Å². The summed E-state index contributed by atoms with van der Waals surface area (Å²) in [6.45, 7) is 1.38. The summed E-state index contributed by atoms with van der Waals surface area (Å²) >= 11 is 6.20. The SMILES string of the molecule is COc1cn(C(Cc2ccccc2)C(=O)Nc2ccc(C(=O)NS(C)(=O)=O)c(F)c2)c(=O)cc1-c1cc(Cl)ccc1C(C)=O. The fourth-order valence-corrected chi connectivity index (χ4v) is 5.19. The van der Waals surface area contributed by atoms with Gasteiger partial charge in [-0.05, 0) is 54.4 Å². The maximum Gasteiger partial charge on any atom is 0.267 e. The number of ketones is 1. The lowest BCUT2D eigenvalue weighted by Gasteiger charge is -2.22. The molecule has 0 bridgehead atoms. The highest BCUT2D eigenvalue weighted by Crippen LogP contribution is 2.34. The lowest BCUT2D eigenvalue weighted by atomic mass is 9.97. The molecule has 228 valence electrons. The normalized spacial score (nSPS) is 11.8. The lowest BCUT2D eigenvalue weighted by molar-refractivity contribution is -0.119. The Labute approximate surface area is 257 Å². The van der Waals surface area contributed by atoms with Crippen molar-refractivity contribution in [3.8, 4) is 16.9 Å². The minimum Gasteiger partial charge on any atom is -0.495 e. The van der Waals surface area contributed by atoms with E-state index in [0.717, 1.165) is 24.0 Å². The van der Waals surface area contributed by atoms with E-state index in [-0.39, 0.29) is 23.6 Å². The van der Waals surface area contributed by atoms with Gasteiger partial charge in [-0.2, -0.15) is 0 Å². The van der Waals surface area contributed by atoms with Gasteiger partial charge >= 0.3 is 0 Å². The predicted octanol–water partition coefficient (Wildman–Crippen LogP) is 4.63. The summed E-state index contributed by atoms with van der Waals surface area (Å²) in [4.78, 5) is 51.7. The molecule has 2 N–H and O–H groups in total. The van der Waals surface area contributed by atoms with E-state index in [4.69, 9.17) is 16.3 Å². The Bertz CT molecular complexity index is 1930. The number of carbonyl (C=O) groups excluding carboxylic acids is 3. The quantitative estimate of drug-likeness (QED) is 0.241. The number of halogens is 2. The van der Waals surface area contributed by atoms with Crippen molar-refractivity contribution in [1.82, 2.24) is 9.29 Å². The second-order valence-corrected chi connectivity index (χ2v) is 12.0. The van der Waals surface area contributed by atoms with Crippen LogP contribution in [0.4, 0.5) is 10.1 Å². The van der Waals surface area contributed by atoms with E-state index in [9.17, 15) is 32.0 Å². The van der Waals surface area contributed by atoms with Crippen molar-refractivity contribution in [3.05, 3.63) is 117 Å². The average Bonchev–Trinajstić information content (AvgIpc) is 2.95. The minimum atomic E-state index is -3.93. The van der Waals surface area contributed by atoms with E-state index in [0.29, 0.717) is 21.7 Å². The van der Waals surface area contributed by atoms with Crippen LogP contribution < -0.4 is 20.3 Å². The number of anilines is 1. The van der Waals surface area contributed by atoms with Crippen molar-refractivity contribution in [2.24, 2.45) is 0 Å². The fraction of sp³-hybridized carbons (Fsp3) is 0.161. The smallest absolute Gasteiger partial charge is 0.267 e. The van der Waals surface area contributed by atoms with Crippen molar-refractivity contribution in [1.29, 1.82) is 0 Å². The molecule has 1 heterocycles. The number of nitrogens with zero attached hydrogens (tertiary/aromatic N) is 1. The monoisotopic (exact) mass is 639 g/mol.